The standard InChI is InChI=1S/C15H22ClN3O2.ClH/c1-21-10-9-18-5-2-6-19(8-7-18)15(20)13-4-3-12(17)11-14(13)16;/h3-4,11H,2,5-10,17H2,1H3;1H. The number of hydrogen-bond donors (Lipinski definition) is 1. The van der Waals surface area contributed by atoms with Gasteiger partial charge in [-0.2, -0.15) is 0 Å². The Balaban J connectivity index is 0.00000242. The highest BCUT2D eigenvalue weighted by Gasteiger charge is 2.21. The molecule has 1 aliphatic heterocycles. The van der Waals surface area contributed by atoms with Crippen LogP contribution in [0.15, 0.2) is 18.2 Å². The molecule has 0 atom stereocenters. The van der Waals surface area contributed by atoms with Crippen LogP contribution in [-0.2, 0) is 4.74 Å². The largest absolute Gasteiger partial charge is 0.399 e. The van der Waals surface area contributed by atoms with Gasteiger partial charge < -0.3 is 15.4 Å². The molecule has 124 valence electrons. The predicted molar refractivity (Wildman–Crippen MR) is 91.9 cm³/mol. The van der Waals surface area contributed by atoms with Crippen molar-refractivity contribution in [1.29, 1.82) is 0 Å². The quantitative estimate of drug-likeness (QED) is 0.847. The van der Waals surface area contributed by atoms with Gasteiger partial charge in [-0.25, -0.2) is 0 Å². The third kappa shape index (κ3) is 5.02. The summed E-state index contributed by atoms with van der Waals surface area (Å²) in [6, 6.07) is 5.03. The number of carbonyl (C=O) groups excluding carboxylic acids is 1. The van der Waals surface area contributed by atoms with E-state index < -0.39 is 0 Å². The summed E-state index contributed by atoms with van der Waals surface area (Å²) in [5.41, 5.74) is 6.76. The molecule has 1 fully saturated rings. The Labute approximate surface area is 142 Å². The van der Waals surface area contributed by atoms with E-state index in [-0.39, 0.29) is 18.3 Å². The molecule has 0 aromatic heterocycles. The lowest BCUT2D eigenvalue weighted by Gasteiger charge is -2.22. The summed E-state index contributed by atoms with van der Waals surface area (Å²) in [5.74, 6) is -0.0198. The minimum absolute atomic E-state index is 0. The van der Waals surface area contributed by atoms with Crippen molar-refractivity contribution in [3.8, 4) is 0 Å². The maximum atomic E-state index is 12.6. The van der Waals surface area contributed by atoms with E-state index in [2.05, 4.69) is 4.90 Å². The van der Waals surface area contributed by atoms with Gasteiger partial charge in [0.15, 0.2) is 0 Å². The molecule has 0 bridgehead atoms. The maximum Gasteiger partial charge on any atom is 0.255 e. The fraction of sp³-hybridized carbons (Fsp3) is 0.533. The van der Waals surface area contributed by atoms with Crippen molar-refractivity contribution in [1.82, 2.24) is 9.80 Å². The minimum Gasteiger partial charge on any atom is -0.399 e. The lowest BCUT2D eigenvalue weighted by molar-refractivity contribution is 0.0759. The first-order valence-electron chi connectivity index (χ1n) is 7.17. The number of anilines is 1. The normalized spacial score (nSPS) is 16.0. The molecule has 1 aromatic carbocycles. The Morgan fingerprint density at radius 1 is 1.32 bits per heavy atom. The molecule has 2 N–H and O–H groups in total. The zero-order chi connectivity index (χ0) is 15.2. The van der Waals surface area contributed by atoms with E-state index >= 15 is 0 Å². The van der Waals surface area contributed by atoms with Gasteiger partial charge in [-0.1, -0.05) is 11.6 Å². The Hall–Kier alpha value is -1.01. The highest BCUT2D eigenvalue weighted by Crippen LogP contribution is 2.21. The summed E-state index contributed by atoms with van der Waals surface area (Å²) >= 11 is 6.13. The van der Waals surface area contributed by atoms with E-state index in [1.807, 2.05) is 4.90 Å². The molecule has 0 saturated carbocycles. The molecule has 22 heavy (non-hydrogen) atoms. The zero-order valence-corrected chi connectivity index (χ0v) is 14.3. The van der Waals surface area contributed by atoms with Gasteiger partial charge in [-0.3, -0.25) is 9.69 Å². The second-order valence-corrected chi connectivity index (χ2v) is 5.63. The molecular formula is C15H23Cl2N3O2. The van der Waals surface area contributed by atoms with E-state index in [9.17, 15) is 4.79 Å². The molecule has 1 heterocycles. The summed E-state index contributed by atoms with van der Waals surface area (Å²) < 4.78 is 5.10. The van der Waals surface area contributed by atoms with Crippen LogP contribution in [-0.4, -0.2) is 62.1 Å². The molecule has 1 amide bonds. The number of carbonyl (C=O) groups is 1. The van der Waals surface area contributed by atoms with Crippen molar-refractivity contribution in [3.63, 3.8) is 0 Å². The Bertz CT molecular complexity index is 500. The molecule has 0 aliphatic carbocycles. The molecule has 5 nitrogen and oxygen atoms in total. The number of amides is 1. The van der Waals surface area contributed by atoms with Crippen molar-refractivity contribution in [2.45, 2.75) is 6.42 Å². The number of benzene rings is 1. The maximum absolute atomic E-state index is 12.6. The van der Waals surface area contributed by atoms with Gasteiger partial charge >= 0.3 is 0 Å². The SMILES string of the molecule is COCCN1CCCN(C(=O)c2ccc(N)cc2Cl)CC1.Cl. The number of nitrogen functional groups attached to an aromatic ring is 1. The van der Waals surface area contributed by atoms with Gasteiger partial charge in [-0.05, 0) is 31.2 Å². The topological polar surface area (TPSA) is 58.8 Å². The molecule has 2 rings (SSSR count). The molecule has 1 aromatic rings. The fourth-order valence-electron chi connectivity index (χ4n) is 2.49. The Kier molecular flexibility index (Phi) is 7.96. The molecule has 1 aliphatic rings. The van der Waals surface area contributed by atoms with Crippen molar-refractivity contribution in [2.24, 2.45) is 0 Å². The van der Waals surface area contributed by atoms with Gasteiger partial charge in [0.05, 0.1) is 17.2 Å². The number of hydrogen-bond acceptors (Lipinski definition) is 4. The van der Waals surface area contributed by atoms with Crippen LogP contribution in [0.3, 0.4) is 0 Å². The summed E-state index contributed by atoms with van der Waals surface area (Å²) in [5, 5.41) is 0.417. The number of methoxy groups -OCH3 is 1. The van der Waals surface area contributed by atoms with Crippen molar-refractivity contribution < 1.29 is 9.53 Å². The number of ether oxygens (including phenoxy) is 1. The van der Waals surface area contributed by atoms with Crippen LogP contribution < -0.4 is 5.73 Å². The van der Waals surface area contributed by atoms with Crippen LogP contribution in [0.4, 0.5) is 5.69 Å². The lowest BCUT2D eigenvalue weighted by Crippen LogP contribution is -2.36. The number of rotatable bonds is 4. The van der Waals surface area contributed by atoms with Gasteiger partial charge in [-0.15, -0.1) is 12.4 Å². The van der Waals surface area contributed by atoms with E-state index in [1.54, 1.807) is 25.3 Å². The van der Waals surface area contributed by atoms with Gasteiger partial charge in [0.1, 0.15) is 0 Å². The molecule has 0 radical (unpaired) electrons. The Morgan fingerprint density at radius 3 is 2.77 bits per heavy atom. The molecular weight excluding hydrogens is 325 g/mol. The summed E-state index contributed by atoms with van der Waals surface area (Å²) in [4.78, 5) is 16.7. The highest BCUT2D eigenvalue weighted by atomic mass is 35.5. The summed E-state index contributed by atoms with van der Waals surface area (Å²) in [6.07, 6.45) is 0.960. The van der Waals surface area contributed by atoms with Crippen molar-refractivity contribution in [3.05, 3.63) is 28.8 Å². The molecule has 0 unspecified atom stereocenters. The lowest BCUT2D eigenvalue weighted by atomic mass is 10.1. The van der Waals surface area contributed by atoms with Gasteiger partial charge in [0.25, 0.3) is 5.91 Å². The average molecular weight is 348 g/mol. The Morgan fingerprint density at radius 2 is 2.09 bits per heavy atom. The van der Waals surface area contributed by atoms with Crippen molar-refractivity contribution in [2.75, 3.05) is 52.2 Å². The van der Waals surface area contributed by atoms with Crippen LogP contribution in [0.2, 0.25) is 5.02 Å². The second-order valence-electron chi connectivity index (χ2n) is 5.22. The van der Waals surface area contributed by atoms with Crippen LogP contribution in [0.1, 0.15) is 16.8 Å². The molecule has 0 spiro atoms. The first kappa shape index (κ1) is 19.0. The minimum atomic E-state index is -0.0198. The van der Waals surface area contributed by atoms with Gasteiger partial charge in [0.2, 0.25) is 0 Å². The second kappa shape index (κ2) is 9.20. The van der Waals surface area contributed by atoms with Crippen molar-refractivity contribution >= 4 is 35.6 Å². The monoisotopic (exact) mass is 347 g/mol. The number of nitrogens with two attached hydrogens (primary N) is 1. The number of nitrogens with zero attached hydrogens (tertiary/aromatic N) is 2. The van der Waals surface area contributed by atoms with E-state index in [4.69, 9.17) is 22.1 Å². The van der Waals surface area contributed by atoms with Crippen LogP contribution in [0, 0.1) is 0 Å². The number of halogens is 2. The third-order valence-electron chi connectivity index (χ3n) is 3.71. The first-order chi connectivity index (χ1) is 10.1. The average Bonchev–Trinajstić information content (AvgIpc) is 2.70. The smallest absolute Gasteiger partial charge is 0.255 e. The summed E-state index contributed by atoms with van der Waals surface area (Å²) in [6.45, 7) is 4.94. The molecule has 1 saturated heterocycles. The van der Waals surface area contributed by atoms with Crippen LogP contribution >= 0.6 is 24.0 Å². The highest BCUT2D eigenvalue weighted by molar-refractivity contribution is 6.34. The predicted octanol–water partition coefficient (Wildman–Crippen LogP) is 2.14. The third-order valence-corrected chi connectivity index (χ3v) is 4.02. The van der Waals surface area contributed by atoms with E-state index in [0.29, 0.717) is 22.8 Å². The van der Waals surface area contributed by atoms with Gasteiger partial charge in [0, 0.05) is 39.0 Å². The van der Waals surface area contributed by atoms with Crippen LogP contribution in [0.25, 0.3) is 0 Å². The first-order valence-corrected chi connectivity index (χ1v) is 7.55. The molecule has 7 heteroatoms. The van der Waals surface area contributed by atoms with E-state index in [1.165, 1.54) is 0 Å². The van der Waals surface area contributed by atoms with Crippen LogP contribution in [0.5, 0.6) is 0 Å². The fourth-order valence-corrected chi connectivity index (χ4v) is 2.76. The summed E-state index contributed by atoms with van der Waals surface area (Å²) in [7, 11) is 1.71. The van der Waals surface area contributed by atoms with E-state index in [0.717, 1.165) is 39.2 Å². The zero-order valence-electron chi connectivity index (χ0n) is 12.8.